The molecule has 0 heterocycles. The molecule has 2 rings (SSSR count). The van der Waals surface area contributed by atoms with Gasteiger partial charge in [-0.15, -0.1) is 0 Å². The van der Waals surface area contributed by atoms with Gasteiger partial charge in [0.15, 0.2) is 11.4 Å². The lowest BCUT2D eigenvalue weighted by molar-refractivity contribution is 0.564. The highest BCUT2D eigenvalue weighted by Crippen LogP contribution is 2.39. The smallest absolute Gasteiger partial charge is 0.183 e. The van der Waals surface area contributed by atoms with Crippen LogP contribution in [0, 0.1) is 17.3 Å². The van der Waals surface area contributed by atoms with Crippen LogP contribution in [0.1, 0.15) is 25.0 Å². The zero-order valence-electron chi connectivity index (χ0n) is 11.0. The van der Waals surface area contributed by atoms with Crippen molar-refractivity contribution in [2.75, 3.05) is 6.26 Å². The van der Waals surface area contributed by atoms with Crippen LogP contribution in [0.2, 0.25) is 0 Å². The van der Waals surface area contributed by atoms with Crippen molar-refractivity contribution < 1.29 is 4.39 Å². The standard InChI is InChI=1S/C14H14FN3S/c1-14(2)5-4-9-6-10(7-11(15)12(9)14)18-13(19-3)17-8-16/h4-7H,1-3H3,(H,17,18). The number of thioether (sulfide) groups is 1. The summed E-state index contributed by atoms with van der Waals surface area (Å²) in [5, 5.41) is 11.5. The highest BCUT2D eigenvalue weighted by Gasteiger charge is 2.28. The molecule has 0 saturated heterocycles. The summed E-state index contributed by atoms with van der Waals surface area (Å²) < 4.78 is 14.2. The minimum Gasteiger partial charge on any atom is -0.271 e. The summed E-state index contributed by atoms with van der Waals surface area (Å²) in [4.78, 5) is 4.23. The van der Waals surface area contributed by atoms with E-state index >= 15 is 0 Å². The maximum atomic E-state index is 14.2. The lowest BCUT2D eigenvalue weighted by atomic mass is 9.86. The van der Waals surface area contributed by atoms with Gasteiger partial charge in [-0.3, -0.25) is 5.32 Å². The Kier molecular flexibility index (Phi) is 3.63. The molecular weight excluding hydrogens is 261 g/mol. The lowest BCUT2D eigenvalue weighted by Gasteiger charge is -2.18. The van der Waals surface area contributed by atoms with E-state index in [1.54, 1.807) is 6.26 Å². The third-order valence-corrected chi connectivity index (χ3v) is 3.60. The van der Waals surface area contributed by atoms with Crippen LogP contribution in [0.25, 0.3) is 6.08 Å². The lowest BCUT2D eigenvalue weighted by Crippen LogP contribution is -2.14. The first-order valence-corrected chi connectivity index (χ1v) is 7.01. The number of aliphatic imine (C=N–C) groups is 1. The number of rotatable bonds is 1. The maximum absolute atomic E-state index is 14.2. The van der Waals surface area contributed by atoms with Crippen molar-refractivity contribution >= 4 is 28.7 Å². The maximum Gasteiger partial charge on any atom is 0.183 e. The second-order valence-corrected chi connectivity index (χ2v) is 5.60. The Morgan fingerprint density at radius 2 is 2.21 bits per heavy atom. The molecule has 0 aliphatic heterocycles. The molecule has 0 unspecified atom stereocenters. The van der Waals surface area contributed by atoms with Crippen molar-refractivity contribution in [2.24, 2.45) is 4.99 Å². The third-order valence-electron chi connectivity index (χ3n) is 3.02. The summed E-state index contributed by atoms with van der Waals surface area (Å²) in [6.45, 7) is 3.96. The molecule has 1 aromatic rings. The molecule has 19 heavy (non-hydrogen) atoms. The first-order chi connectivity index (χ1) is 8.97. The number of halogens is 1. The van der Waals surface area contributed by atoms with Gasteiger partial charge >= 0.3 is 0 Å². The summed E-state index contributed by atoms with van der Waals surface area (Å²) in [6.07, 6.45) is 7.51. The number of nitrogens with one attached hydrogen (secondary N) is 1. The molecule has 0 fully saturated rings. The number of nitrogens with zero attached hydrogens (tertiary/aromatic N) is 2. The van der Waals surface area contributed by atoms with Gasteiger partial charge in [-0.25, -0.2) is 9.38 Å². The molecule has 0 atom stereocenters. The van der Waals surface area contributed by atoms with Gasteiger partial charge in [-0.2, -0.15) is 5.26 Å². The van der Waals surface area contributed by atoms with E-state index in [1.165, 1.54) is 17.8 Å². The number of hydrogen-bond donors (Lipinski definition) is 1. The topological polar surface area (TPSA) is 48.2 Å². The van der Waals surface area contributed by atoms with Crippen LogP contribution in [0.4, 0.5) is 10.1 Å². The van der Waals surface area contributed by atoms with Crippen molar-refractivity contribution in [3.8, 4) is 6.19 Å². The molecule has 1 aliphatic rings. The van der Waals surface area contributed by atoms with E-state index in [-0.39, 0.29) is 11.2 Å². The third kappa shape index (κ3) is 2.64. The second-order valence-electron chi connectivity index (χ2n) is 4.80. The van der Waals surface area contributed by atoms with E-state index in [4.69, 9.17) is 5.26 Å². The minimum atomic E-state index is -0.283. The van der Waals surface area contributed by atoms with E-state index in [0.29, 0.717) is 16.4 Å². The van der Waals surface area contributed by atoms with Crippen molar-refractivity contribution in [3.63, 3.8) is 0 Å². The van der Waals surface area contributed by atoms with Crippen molar-refractivity contribution in [3.05, 3.63) is 35.2 Å². The highest BCUT2D eigenvalue weighted by molar-refractivity contribution is 8.13. The molecular formula is C14H14FN3S. The average molecular weight is 275 g/mol. The molecule has 5 heteroatoms. The molecule has 1 aliphatic carbocycles. The zero-order chi connectivity index (χ0) is 14.0. The van der Waals surface area contributed by atoms with E-state index in [2.05, 4.69) is 10.3 Å². The quantitative estimate of drug-likeness (QED) is 0.369. The van der Waals surface area contributed by atoms with E-state index in [0.717, 1.165) is 5.56 Å². The summed E-state index contributed by atoms with van der Waals surface area (Å²) in [5.74, 6) is -0.260. The Morgan fingerprint density at radius 3 is 2.84 bits per heavy atom. The second kappa shape index (κ2) is 5.06. The van der Waals surface area contributed by atoms with Crippen LogP contribution in [0.5, 0.6) is 0 Å². The fraction of sp³-hybridized carbons (Fsp3) is 0.286. The normalized spacial score (nSPS) is 16.1. The summed E-state index contributed by atoms with van der Waals surface area (Å²) >= 11 is 1.30. The van der Waals surface area contributed by atoms with Crippen molar-refractivity contribution in [1.29, 1.82) is 5.26 Å². The molecule has 3 nitrogen and oxygen atoms in total. The summed E-state index contributed by atoms with van der Waals surface area (Å²) in [7, 11) is 0. The van der Waals surface area contributed by atoms with Crippen LogP contribution in [-0.2, 0) is 5.41 Å². The fourth-order valence-electron chi connectivity index (χ4n) is 2.16. The van der Waals surface area contributed by atoms with Gasteiger partial charge in [0.2, 0.25) is 0 Å². The molecule has 98 valence electrons. The molecule has 1 aromatic carbocycles. The summed E-state index contributed by atoms with van der Waals surface area (Å²) in [5.41, 5.74) is 1.77. The molecule has 0 amide bonds. The minimum absolute atomic E-state index is 0.260. The van der Waals surface area contributed by atoms with Crippen molar-refractivity contribution in [1.82, 2.24) is 5.32 Å². The molecule has 0 bridgehead atoms. The van der Waals surface area contributed by atoms with Crippen LogP contribution >= 0.6 is 11.8 Å². The van der Waals surface area contributed by atoms with Crippen LogP contribution in [0.3, 0.4) is 0 Å². The van der Waals surface area contributed by atoms with Gasteiger partial charge in [0, 0.05) is 11.0 Å². The Balaban J connectivity index is 2.45. The van der Waals surface area contributed by atoms with Gasteiger partial charge in [0.25, 0.3) is 0 Å². The predicted molar refractivity (Wildman–Crippen MR) is 77.8 cm³/mol. The Morgan fingerprint density at radius 1 is 1.47 bits per heavy atom. The van der Waals surface area contributed by atoms with Gasteiger partial charge in [0.05, 0.1) is 5.69 Å². The Bertz CT molecular complexity index is 612. The molecule has 0 spiro atoms. The average Bonchev–Trinajstić information content (AvgIpc) is 2.65. The molecule has 0 radical (unpaired) electrons. The molecule has 0 aromatic heterocycles. The van der Waals surface area contributed by atoms with Crippen molar-refractivity contribution in [2.45, 2.75) is 19.3 Å². The van der Waals surface area contributed by atoms with Gasteiger partial charge < -0.3 is 0 Å². The highest BCUT2D eigenvalue weighted by atomic mass is 32.2. The Hall–Kier alpha value is -1.80. The van der Waals surface area contributed by atoms with Crippen LogP contribution in [-0.4, -0.2) is 11.4 Å². The van der Waals surface area contributed by atoms with E-state index in [1.807, 2.05) is 38.3 Å². The number of nitriles is 1. The number of hydrogen-bond acceptors (Lipinski definition) is 3. The number of amidine groups is 1. The van der Waals surface area contributed by atoms with Crippen LogP contribution in [0.15, 0.2) is 23.2 Å². The first-order valence-electron chi connectivity index (χ1n) is 5.79. The predicted octanol–water partition coefficient (Wildman–Crippen LogP) is 3.55. The fourth-order valence-corrected chi connectivity index (χ4v) is 2.50. The monoisotopic (exact) mass is 275 g/mol. The Labute approximate surface area is 116 Å². The SMILES string of the molecule is CSC(=Nc1cc(F)c2c(c1)C=CC2(C)C)NC#N. The summed E-state index contributed by atoms with van der Waals surface area (Å²) in [6, 6.07) is 3.24. The zero-order valence-corrected chi connectivity index (χ0v) is 11.8. The number of allylic oxidation sites excluding steroid dienone is 1. The van der Waals surface area contributed by atoms with Gasteiger partial charge in [-0.05, 0) is 24.0 Å². The largest absolute Gasteiger partial charge is 0.271 e. The number of benzene rings is 1. The van der Waals surface area contributed by atoms with E-state index in [9.17, 15) is 4.39 Å². The molecule has 1 N–H and O–H groups in total. The van der Waals surface area contributed by atoms with E-state index < -0.39 is 0 Å². The molecule has 0 saturated carbocycles. The van der Waals surface area contributed by atoms with Gasteiger partial charge in [-0.1, -0.05) is 37.8 Å². The number of fused-ring (bicyclic) bond motifs is 1. The van der Waals surface area contributed by atoms with Crippen LogP contribution < -0.4 is 5.32 Å². The van der Waals surface area contributed by atoms with Gasteiger partial charge in [0.1, 0.15) is 5.82 Å². The first kappa shape index (κ1) is 13.6.